The monoisotopic (exact) mass is 127 g/mol. The topological polar surface area (TPSA) is 27.7 Å². The molecule has 0 atom stereocenters. The molecule has 0 amide bonds. The fourth-order valence-corrected chi connectivity index (χ4v) is 0.289. The average Bonchev–Trinajstić information content (AvgIpc) is 1.72. The molecule has 1 radical (unpaired) electrons. The van der Waals surface area contributed by atoms with Crippen molar-refractivity contribution in [3.8, 4) is 0 Å². The van der Waals surface area contributed by atoms with Gasteiger partial charge in [0.2, 0.25) is 0 Å². The molecule has 8 heavy (non-hydrogen) atoms. The third kappa shape index (κ3) is 5.09. The summed E-state index contributed by atoms with van der Waals surface area (Å²) in [6.07, 6.45) is 0. The molecule has 0 aliphatic carbocycles. The van der Waals surface area contributed by atoms with Crippen LogP contribution in [0.25, 0.3) is 0 Å². The summed E-state index contributed by atoms with van der Waals surface area (Å²) in [5.74, 6) is 0. The minimum absolute atomic E-state index is 0. The fraction of sp³-hybridized carbons (Fsp3) is 1.00. The molecule has 0 spiro atoms. The molecule has 0 rings (SSSR count). The van der Waals surface area contributed by atoms with Crippen LogP contribution < -0.4 is 29.6 Å². The first-order valence-corrected chi connectivity index (χ1v) is 1.93. The van der Waals surface area contributed by atoms with Crippen molar-refractivity contribution in [1.29, 1.82) is 0 Å². The Balaban J connectivity index is 0. The summed E-state index contributed by atoms with van der Waals surface area (Å²) in [7, 11) is 4.02. The molecular weight excluding hydrogens is 118 g/mol. The van der Waals surface area contributed by atoms with Gasteiger partial charge in [0.15, 0.2) is 0 Å². The third-order valence-electron chi connectivity index (χ3n) is 0.577. The minimum Gasteiger partial charge on any atom is -0.569 e. The predicted octanol–water partition coefficient (Wildman–Crippen LogP) is -3.09. The molecule has 0 saturated carbocycles. The summed E-state index contributed by atoms with van der Waals surface area (Å²) < 4.78 is 13.8. The fourth-order valence-electron chi connectivity index (χ4n) is 0.289. The van der Waals surface area contributed by atoms with Crippen LogP contribution in [0.4, 0.5) is 0 Å². The van der Waals surface area contributed by atoms with Gasteiger partial charge in [0.05, 0.1) is 0 Å². The Labute approximate surface area is 72.2 Å². The summed E-state index contributed by atoms with van der Waals surface area (Å²) in [5, 5.41) is 0. The standard InChI is InChI=1S/C3H9BO3.Na/c1-5-4(6-2)7-3;/h1-3H3;/q-1;+1. The summed E-state index contributed by atoms with van der Waals surface area (Å²) in [6, 6.07) is 0. The SMILES string of the molecule is CO[B-](OC)OC.[Na+]. The second-order valence-corrected chi connectivity index (χ2v) is 0.996. The smallest absolute Gasteiger partial charge is 0.569 e. The largest absolute Gasteiger partial charge is 1.00 e. The van der Waals surface area contributed by atoms with Crippen molar-refractivity contribution in [2.24, 2.45) is 0 Å². The van der Waals surface area contributed by atoms with Crippen molar-refractivity contribution in [2.75, 3.05) is 21.3 Å². The number of rotatable bonds is 3. The van der Waals surface area contributed by atoms with E-state index in [9.17, 15) is 0 Å². The van der Waals surface area contributed by atoms with E-state index >= 15 is 0 Å². The molecule has 0 aliphatic rings. The van der Waals surface area contributed by atoms with Gasteiger partial charge in [-0.05, 0) is 21.3 Å². The van der Waals surface area contributed by atoms with E-state index in [1.165, 1.54) is 21.3 Å². The van der Waals surface area contributed by atoms with E-state index in [1.54, 1.807) is 0 Å². The van der Waals surface area contributed by atoms with Gasteiger partial charge in [-0.1, -0.05) is 0 Å². The molecule has 0 heterocycles. The third-order valence-corrected chi connectivity index (χ3v) is 0.577. The Morgan fingerprint density at radius 2 is 1.12 bits per heavy atom. The van der Waals surface area contributed by atoms with E-state index in [0.29, 0.717) is 0 Å². The Kier molecular flexibility index (Phi) is 11.6. The van der Waals surface area contributed by atoms with Gasteiger partial charge in [0.1, 0.15) is 0 Å². The van der Waals surface area contributed by atoms with E-state index in [1.807, 2.05) is 0 Å². The van der Waals surface area contributed by atoms with E-state index in [2.05, 4.69) is 14.0 Å². The molecule has 0 aromatic heterocycles. The molecular formula is C3H9BNaO3. The Morgan fingerprint density at radius 1 is 0.875 bits per heavy atom. The van der Waals surface area contributed by atoms with Gasteiger partial charge in [-0.25, -0.2) is 0 Å². The van der Waals surface area contributed by atoms with Crippen molar-refractivity contribution in [1.82, 2.24) is 0 Å². The number of hydrogen-bond acceptors (Lipinski definition) is 3. The van der Waals surface area contributed by atoms with Crippen LogP contribution in [-0.4, -0.2) is 28.7 Å². The van der Waals surface area contributed by atoms with Crippen LogP contribution in [0.1, 0.15) is 0 Å². The van der Waals surface area contributed by atoms with Gasteiger partial charge in [0, 0.05) is 0 Å². The van der Waals surface area contributed by atoms with Crippen LogP contribution in [-0.2, 0) is 14.0 Å². The minimum atomic E-state index is -0.514. The summed E-state index contributed by atoms with van der Waals surface area (Å²) >= 11 is 0. The maximum atomic E-state index is 4.60. The summed E-state index contributed by atoms with van der Waals surface area (Å²) in [5.41, 5.74) is 0. The van der Waals surface area contributed by atoms with Crippen LogP contribution in [0.15, 0.2) is 0 Å². The zero-order valence-electron chi connectivity index (χ0n) is 5.80. The van der Waals surface area contributed by atoms with E-state index in [0.717, 1.165) is 0 Å². The van der Waals surface area contributed by atoms with Gasteiger partial charge >= 0.3 is 36.9 Å². The van der Waals surface area contributed by atoms with Crippen LogP contribution in [0.3, 0.4) is 0 Å². The van der Waals surface area contributed by atoms with Crippen molar-refractivity contribution in [2.45, 2.75) is 0 Å². The van der Waals surface area contributed by atoms with Gasteiger partial charge < -0.3 is 14.0 Å². The van der Waals surface area contributed by atoms with Gasteiger partial charge in [-0.15, -0.1) is 0 Å². The quantitative estimate of drug-likeness (QED) is 0.376. The summed E-state index contributed by atoms with van der Waals surface area (Å²) in [4.78, 5) is 0. The van der Waals surface area contributed by atoms with Crippen LogP contribution >= 0.6 is 0 Å². The molecule has 3 nitrogen and oxygen atoms in total. The van der Waals surface area contributed by atoms with E-state index in [-0.39, 0.29) is 29.6 Å². The number of hydrogen-bond donors (Lipinski definition) is 0. The molecule has 43 valence electrons. The van der Waals surface area contributed by atoms with Crippen molar-refractivity contribution in [3.63, 3.8) is 0 Å². The van der Waals surface area contributed by atoms with E-state index in [4.69, 9.17) is 0 Å². The molecule has 0 bridgehead atoms. The van der Waals surface area contributed by atoms with E-state index < -0.39 is 7.32 Å². The second kappa shape index (κ2) is 7.94. The van der Waals surface area contributed by atoms with Crippen molar-refractivity contribution < 1.29 is 43.5 Å². The predicted molar refractivity (Wildman–Crippen MR) is 26.8 cm³/mol. The van der Waals surface area contributed by atoms with Crippen LogP contribution in [0.2, 0.25) is 0 Å². The molecule has 0 aromatic carbocycles. The van der Waals surface area contributed by atoms with Crippen LogP contribution in [0.5, 0.6) is 0 Å². The molecule has 0 aliphatic heterocycles. The average molecular weight is 127 g/mol. The van der Waals surface area contributed by atoms with Crippen LogP contribution in [0, 0.1) is 0 Å². The van der Waals surface area contributed by atoms with Crippen molar-refractivity contribution >= 4 is 7.32 Å². The molecule has 0 N–H and O–H groups in total. The maximum absolute atomic E-state index is 4.60. The zero-order valence-corrected chi connectivity index (χ0v) is 7.80. The van der Waals surface area contributed by atoms with Gasteiger partial charge in [-0.2, -0.15) is 0 Å². The summed E-state index contributed by atoms with van der Waals surface area (Å²) in [6.45, 7) is 0. The zero-order chi connectivity index (χ0) is 5.70. The van der Waals surface area contributed by atoms with Gasteiger partial charge in [-0.3, -0.25) is 0 Å². The first-order valence-electron chi connectivity index (χ1n) is 1.93. The molecule has 5 heteroatoms. The molecule has 0 saturated heterocycles. The first kappa shape index (κ1) is 11.7. The molecule has 0 aromatic rings. The van der Waals surface area contributed by atoms with Gasteiger partial charge in [0.25, 0.3) is 0 Å². The Hall–Kier alpha value is 0.945. The molecule has 0 unspecified atom stereocenters. The first-order chi connectivity index (χ1) is 3.35. The molecule has 0 fully saturated rings. The normalized spacial score (nSPS) is 9.00. The second-order valence-electron chi connectivity index (χ2n) is 0.996. The van der Waals surface area contributed by atoms with Crippen molar-refractivity contribution in [3.05, 3.63) is 0 Å². The maximum Gasteiger partial charge on any atom is 1.00 e. The Morgan fingerprint density at radius 3 is 1.12 bits per heavy atom. The Bertz CT molecular complexity index is 36.0.